The summed E-state index contributed by atoms with van der Waals surface area (Å²) in [6.45, 7) is 1.32. The maximum Gasteiger partial charge on any atom is 0.247 e. The van der Waals surface area contributed by atoms with Gasteiger partial charge in [0.2, 0.25) is 11.8 Å². The Kier molecular flexibility index (Phi) is 5.08. The first-order valence-electron chi connectivity index (χ1n) is 8.45. The summed E-state index contributed by atoms with van der Waals surface area (Å²) in [7, 11) is 0. The van der Waals surface area contributed by atoms with Crippen molar-refractivity contribution in [2.24, 2.45) is 0 Å². The number of hydrogen-bond acceptors (Lipinski definition) is 4. The number of hydrogen-bond donors (Lipinski definition) is 1. The Morgan fingerprint density at radius 1 is 1.13 bits per heavy atom. The predicted molar refractivity (Wildman–Crippen MR) is 86.5 cm³/mol. The van der Waals surface area contributed by atoms with Crippen LogP contribution in [0.4, 0.5) is 0 Å². The Hall–Kier alpha value is -1.72. The van der Waals surface area contributed by atoms with Crippen LogP contribution in [0.5, 0.6) is 0 Å². The molecule has 2 aliphatic rings. The van der Waals surface area contributed by atoms with Gasteiger partial charge in [0.05, 0.1) is 19.0 Å². The molecule has 0 radical (unpaired) electrons. The molecule has 2 saturated heterocycles. The van der Waals surface area contributed by atoms with Crippen molar-refractivity contribution in [1.29, 1.82) is 0 Å². The minimum absolute atomic E-state index is 0.0799. The standard InChI is InChI=1S/C18H24N2O3/c21-11-9-15-8-4-5-10-19(15)16-12-17(22)20(18(16)23)13-14-6-2-1-3-7-14/h1-3,6-7,15-16,21H,4-5,8-13H2/t15-,16-/m1/s1. The number of amides is 2. The number of piperidine rings is 1. The molecule has 2 amide bonds. The van der Waals surface area contributed by atoms with E-state index >= 15 is 0 Å². The van der Waals surface area contributed by atoms with Crippen LogP contribution in [0.2, 0.25) is 0 Å². The first kappa shape index (κ1) is 16.1. The molecule has 0 saturated carbocycles. The van der Waals surface area contributed by atoms with E-state index in [0.29, 0.717) is 13.0 Å². The summed E-state index contributed by atoms with van der Waals surface area (Å²) in [4.78, 5) is 28.7. The van der Waals surface area contributed by atoms with Gasteiger partial charge in [-0.15, -0.1) is 0 Å². The molecule has 2 fully saturated rings. The zero-order chi connectivity index (χ0) is 16.2. The summed E-state index contributed by atoms with van der Waals surface area (Å²) in [6, 6.07) is 9.49. The van der Waals surface area contributed by atoms with Crippen molar-refractivity contribution in [2.45, 2.75) is 50.7 Å². The molecular formula is C18H24N2O3. The van der Waals surface area contributed by atoms with Gasteiger partial charge in [0.15, 0.2) is 0 Å². The van der Waals surface area contributed by atoms with Crippen LogP contribution in [0.25, 0.3) is 0 Å². The number of nitrogens with zero attached hydrogens (tertiary/aromatic N) is 2. The van der Waals surface area contributed by atoms with Gasteiger partial charge in [0.1, 0.15) is 0 Å². The molecule has 124 valence electrons. The first-order valence-corrected chi connectivity index (χ1v) is 8.45. The average Bonchev–Trinajstić information content (AvgIpc) is 2.85. The number of likely N-dealkylation sites (tertiary alicyclic amines) is 2. The van der Waals surface area contributed by atoms with Crippen LogP contribution in [-0.4, -0.2) is 52.0 Å². The normalized spacial score (nSPS) is 26.0. The monoisotopic (exact) mass is 316 g/mol. The van der Waals surface area contributed by atoms with Crippen molar-refractivity contribution >= 4 is 11.8 Å². The third-order valence-electron chi connectivity index (χ3n) is 4.94. The van der Waals surface area contributed by atoms with Gasteiger partial charge in [-0.25, -0.2) is 0 Å². The van der Waals surface area contributed by atoms with Crippen molar-refractivity contribution < 1.29 is 14.7 Å². The van der Waals surface area contributed by atoms with E-state index in [9.17, 15) is 14.7 Å². The highest BCUT2D eigenvalue weighted by molar-refractivity contribution is 6.05. The number of carbonyl (C=O) groups excluding carboxylic acids is 2. The van der Waals surface area contributed by atoms with E-state index < -0.39 is 0 Å². The fraction of sp³-hybridized carbons (Fsp3) is 0.556. The van der Waals surface area contributed by atoms with Crippen LogP contribution >= 0.6 is 0 Å². The van der Waals surface area contributed by atoms with Gasteiger partial charge >= 0.3 is 0 Å². The number of carbonyl (C=O) groups is 2. The van der Waals surface area contributed by atoms with Crippen LogP contribution in [-0.2, 0) is 16.1 Å². The van der Waals surface area contributed by atoms with Gasteiger partial charge in [-0.3, -0.25) is 19.4 Å². The molecule has 1 N–H and O–H groups in total. The quantitative estimate of drug-likeness (QED) is 0.837. The van der Waals surface area contributed by atoms with E-state index in [0.717, 1.165) is 31.4 Å². The highest BCUT2D eigenvalue weighted by atomic mass is 16.3. The smallest absolute Gasteiger partial charge is 0.247 e. The zero-order valence-corrected chi connectivity index (χ0v) is 13.4. The van der Waals surface area contributed by atoms with Gasteiger partial charge in [-0.1, -0.05) is 36.8 Å². The largest absolute Gasteiger partial charge is 0.396 e. The zero-order valence-electron chi connectivity index (χ0n) is 13.4. The summed E-state index contributed by atoms with van der Waals surface area (Å²) in [5.74, 6) is -0.166. The molecule has 1 aromatic carbocycles. The molecule has 2 atom stereocenters. The van der Waals surface area contributed by atoms with Crippen molar-refractivity contribution in [3.63, 3.8) is 0 Å². The van der Waals surface area contributed by atoms with Crippen molar-refractivity contribution in [1.82, 2.24) is 9.80 Å². The van der Waals surface area contributed by atoms with E-state index in [2.05, 4.69) is 4.90 Å². The summed E-state index contributed by atoms with van der Waals surface area (Å²) < 4.78 is 0. The molecule has 2 heterocycles. The minimum Gasteiger partial charge on any atom is -0.396 e. The molecular weight excluding hydrogens is 292 g/mol. The second-order valence-electron chi connectivity index (χ2n) is 6.42. The lowest BCUT2D eigenvalue weighted by Gasteiger charge is -2.38. The van der Waals surface area contributed by atoms with Gasteiger partial charge in [0.25, 0.3) is 0 Å². The topological polar surface area (TPSA) is 60.9 Å². The van der Waals surface area contributed by atoms with Crippen LogP contribution in [0.3, 0.4) is 0 Å². The third kappa shape index (κ3) is 3.46. The van der Waals surface area contributed by atoms with Crippen molar-refractivity contribution in [3.05, 3.63) is 35.9 Å². The number of benzene rings is 1. The van der Waals surface area contributed by atoms with E-state index in [4.69, 9.17) is 0 Å². The van der Waals surface area contributed by atoms with Gasteiger partial charge in [-0.2, -0.15) is 0 Å². The number of aliphatic hydroxyl groups is 1. The lowest BCUT2D eigenvalue weighted by molar-refractivity contribution is -0.141. The average molecular weight is 316 g/mol. The van der Waals surface area contributed by atoms with Crippen LogP contribution in [0.15, 0.2) is 30.3 Å². The SMILES string of the molecule is O=C1C[C@@H](N2CCCC[C@@H]2CCO)C(=O)N1Cc1ccccc1. The number of imide groups is 1. The Bertz CT molecular complexity index is 559. The second-order valence-corrected chi connectivity index (χ2v) is 6.42. The Morgan fingerprint density at radius 3 is 2.65 bits per heavy atom. The maximum absolute atomic E-state index is 12.8. The highest BCUT2D eigenvalue weighted by Gasteiger charge is 2.44. The third-order valence-corrected chi connectivity index (χ3v) is 4.94. The molecule has 0 bridgehead atoms. The molecule has 1 aromatic rings. The van der Waals surface area contributed by atoms with Gasteiger partial charge in [0, 0.05) is 12.6 Å². The molecule has 3 rings (SSSR count). The van der Waals surface area contributed by atoms with Crippen LogP contribution in [0.1, 0.15) is 37.7 Å². The fourth-order valence-corrected chi connectivity index (χ4v) is 3.75. The van der Waals surface area contributed by atoms with E-state index in [-0.39, 0.29) is 36.9 Å². The maximum atomic E-state index is 12.8. The summed E-state index contributed by atoms with van der Waals surface area (Å²) >= 11 is 0. The number of aliphatic hydroxyl groups excluding tert-OH is 1. The Balaban J connectivity index is 1.72. The molecule has 23 heavy (non-hydrogen) atoms. The van der Waals surface area contributed by atoms with Crippen molar-refractivity contribution in [2.75, 3.05) is 13.2 Å². The molecule has 0 aromatic heterocycles. The summed E-state index contributed by atoms with van der Waals surface area (Å²) in [6.07, 6.45) is 4.13. The summed E-state index contributed by atoms with van der Waals surface area (Å²) in [5, 5.41) is 9.25. The molecule has 5 heteroatoms. The lowest BCUT2D eigenvalue weighted by Crippen LogP contribution is -2.50. The highest BCUT2D eigenvalue weighted by Crippen LogP contribution is 2.28. The predicted octanol–water partition coefficient (Wildman–Crippen LogP) is 1.55. The fourth-order valence-electron chi connectivity index (χ4n) is 3.75. The van der Waals surface area contributed by atoms with Gasteiger partial charge in [-0.05, 0) is 31.4 Å². The second kappa shape index (κ2) is 7.23. The molecule has 2 aliphatic heterocycles. The Labute approximate surface area is 136 Å². The number of rotatable bonds is 5. The van der Waals surface area contributed by atoms with Crippen LogP contribution < -0.4 is 0 Å². The van der Waals surface area contributed by atoms with E-state index in [1.807, 2.05) is 30.3 Å². The van der Waals surface area contributed by atoms with E-state index in [1.54, 1.807) is 0 Å². The lowest BCUT2D eigenvalue weighted by atomic mass is 9.97. The van der Waals surface area contributed by atoms with Crippen molar-refractivity contribution in [3.8, 4) is 0 Å². The molecule has 0 aliphatic carbocycles. The van der Waals surface area contributed by atoms with Gasteiger partial charge < -0.3 is 5.11 Å². The Morgan fingerprint density at radius 2 is 1.91 bits per heavy atom. The molecule has 5 nitrogen and oxygen atoms in total. The summed E-state index contributed by atoms with van der Waals surface area (Å²) in [5.41, 5.74) is 0.973. The van der Waals surface area contributed by atoms with E-state index in [1.165, 1.54) is 4.90 Å². The molecule has 0 spiro atoms. The first-order chi connectivity index (χ1) is 11.2. The minimum atomic E-state index is -0.344. The molecule has 0 unspecified atom stereocenters. The van der Waals surface area contributed by atoms with Crippen LogP contribution in [0, 0.1) is 0 Å².